The molecule has 35 heavy (non-hydrogen) atoms. The highest BCUT2D eigenvalue weighted by molar-refractivity contribution is 5.90. The molecule has 8 nitrogen and oxygen atoms in total. The van der Waals surface area contributed by atoms with Crippen molar-refractivity contribution in [1.29, 1.82) is 10.5 Å². The van der Waals surface area contributed by atoms with E-state index in [0.29, 0.717) is 36.8 Å². The normalized spacial score (nSPS) is 15.6. The van der Waals surface area contributed by atoms with Crippen LogP contribution < -0.4 is 10.6 Å². The molecule has 174 valence electrons. The molecule has 4 rings (SSSR count). The number of para-hydroxylation sites is 1. The maximum absolute atomic E-state index is 13.3. The minimum atomic E-state index is -0.258. The molecule has 2 amide bonds. The molecule has 0 aromatic heterocycles. The molecule has 3 aromatic carbocycles. The van der Waals surface area contributed by atoms with Crippen molar-refractivity contribution in [1.82, 2.24) is 15.1 Å². The van der Waals surface area contributed by atoms with Crippen LogP contribution in [0.3, 0.4) is 0 Å². The van der Waals surface area contributed by atoms with Gasteiger partial charge < -0.3 is 15.1 Å². The first kappa shape index (κ1) is 23.3. The van der Waals surface area contributed by atoms with E-state index in [1.54, 1.807) is 29.2 Å². The Labute approximate surface area is 204 Å². The van der Waals surface area contributed by atoms with Crippen LogP contribution in [0.5, 0.6) is 0 Å². The number of hydrogen-bond donors (Lipinski definition) is 2. The largest absolute Gasteiger partial charge is 0.338 e. The average Bonchev–Trinajstić information content (AvgIpc) is 2.90. The number of aryl methyl sites for hydroxylation is 1. The summed E-state index contributed by atoms with van der Waals surface area (Å²) in [6, 6.07) is 25.9. The SMILES string of the molecule is Cc1ccccc1N=C(NC#N)N1CCN(C(=O)Nc2ccc(C#N)cc2)C(c2ccccc2)C1. The van der Waals surface area contributed by atoms with E-state index in [0.717, 1.165) is 16.8 Å². The average molecular weight is 464 g/mol. The van der Waals surface area contributed by atoms with Gasteiger partial charge in [-0.25, -0.2) is 9.79 Å². The minimum Gasteiger partial charge on any atom is -0.338 e. The number of piperazine rings is 1. The van der Waals surface area contributed by atoms with Crippen LogP contribution in [-0.2, 0) is 0 Å². The summed E-state index contributed by atoms with van der Waals surface area (Å²) in [5.74, 6) is 0.454. The number of urea groups is 1. The Morgan fingerprint density at radius 2 is 1.69 bits per heavy atom. The van der Waals surface area contributed by atoms with E-state index in [4.69, 9.17) is 10.3 Å². The molecular weight excluding hydrogens is 438 g/mol. The molecule has 8 heteroatoms. The van der Waals surface area contributed by atoms with Crippen molar-refractivity contribution in [2.24, 2.45) is 4.99 Å². The second-order valence-electron chi connectivity index (χ2n) is 8.14. The number of aliphatic imine (C=N–C) groups is 1. The molecule has 1 atom stereocenters. The lowest BCUT2D eigenvalue weighted by Crippen LogP contribution is -2.55. The molecular formula is C27H25N7O. The van der Waals surface area contributed by atoms with Crippen molar-refractivity contribution in [2.45, 2.75) is 13.0 Å². The van der Waals surface area contributed by atoms with Gasteiger partial charge in [-0.1, -0.05) is 48.5 Å². The zero-order chi connectivity index (χ0) is 24.6. The van der Waals surface area contributed by atoms with Crippen molar-refractivity contribution in [3.63, 3.8) is 0 Å². The number of carbonyl (C=O) groups excluding carboxylic acids is 1. The smallest absolute Gasteiger partial charge is 0.322 e. The number of hydrogen-bond acceptors (Lipinski definition) is 4. The molecule has 1 unspecified atom stereocenters. The van der Waals surface area contributed by atoms with Crippen LogP contribution in [0, 0.1) is 29.7 Å². The molecule has 1 fully saturated rings. The molecule has 0 aliphatic carbocycles. The van der Waals surface area contributed by atoms with Gasteiger partial charge >= 0.3 is 6.03 Å². The first-order valence-corrected chi connectivity index (χ1v) is 11.3. The van der Waals surface area contributed by atoms with Crippen LogP contribution >= 0.6 is 0 Å². The standard InChI is InChI=1S/C27H25N7O/c1-20-7-5-6-10-24(20)32-26(30-19-29)33-15-16-34(25(18-33)22-8-3-2-4-9-22)27(35)31-23-13-11-21(17-28)12-14-23/h2-14,25H,15-16,18H2,1H3,(H,30,32)(H,31,35). The highest BCUT2D eigenvalue weighted by Gasteiger charge is 2.33. The fourth-order valence-electron chi connectivity index (χ4n) is 4.03. The Balaban J connectivity index is 1.60. The van der Waals surface area contributed by atoms with E-state index < -0.39 is 0 Å². The van der Waals surface area contributed by atoms with Gasteiger partial charge in [-0.2, -0.15) is 10.5 Å². The number of nitrogens with zero attached hydrogens (tertiary/aromatic N) is 5. The van der Waals surface area contributed by atoms with Crippen LogP contribution in [-0.4, -0.2) is 41.4 Å². The van der Waals surface area contributed by atoms with Crippen molar-refractivity contribution in [3.8, 4) is 12.3 Å². The van der Waals surface area contributed by atoms with Crippen molar-refractivity contribution in [2.75, 3.05) is 25.0 Å². The van der Waals surface area contributed by atoms with Gasteiger partial charge in [-0.05, 0) is 48.4 Å². The van der Waals surface area contributed by atoms with Gasteiger partial charge in [0.25, 0.3) is 0 Å². The number of nitrogens with one attached hydrogen (secondary N) is 2. The maximum Gasteiger partial charge on any atom is 0.322 e. The lowest BCUT2D eigenvalue weighted by Gasteiger charge is -2.42. The number of nitriles is 2. The Morgan fingerprint density at radius 3 is 2.37 bits per heavy atom. The summed E-state index contributed by atoms with van der Waals surface area (Å²) in [6.07, 6.45) is 2.00. The summed E-state index contributed by atoms with van der Waals surface area (Å²) in [4.78, 5) is 21.8. The summed E-state index contributed by atoms with van der Waals surface area (Å²) in [5, 5.41) is 24.1. The van der Waals surface area contributed by atoms with Gasteiger partial charge in [0, 0.05) is 25.3 Å². The topological polar surface area (TPSA) is 108 Å². The fourth-order valence-corrected chi connectivity index (χ4v) is 4.03. The first-order valence-electron chi connectivity index (χ1n) is 11.3. The predicted octanol–water partition coefficient (Wildman–Crippen LogP) is 4.52. The Kier molecular flexibility index (Phi) is 7.25. The molecule has 1 aliphatic heterocycles. The summed E-state index contributed by atoms with van der Waals surface area (Å²) >= 11 is 0. The monoisotopic (exact) mass is 463 g/mol. The van der Waals surface area contributed by atoms with Crippen molar-refractivity contribution < 1.29 is 4.79 Å². The lowest BCUT2D eigenvalue weighted by molar-refractivity contribution is 0.135. The Bertz CT molecular complexity index is 1290. The van der Waals surface area contributed by atoms with Crippen LogP contribution in [0.15, 0.2) is 83.9 Å². The molecule has 0 bridgehead atoms. The second-order valence-corrected chi connectivity index (χ2v) is 8.14. The highest BCUT2D eigenvalue weighted by Crippen LogP contribution is 2.27. The van der Waals surface area contributed by atoms with E-state index >= 15 is 0 Å². The van der Waals surface area contributed by atoms with Gasteiger partial charge in [-0.3, -0.25) is 5.32 Å². The molecule has 1 aliphatic rings. The number of benzene rings is 3. The van der Waals surface area contributed by atoms with E-state index in [9.17, 15) is 10.1 Å². The third kappa shape index (κ3) is 5.58. The van der Waals surface area contributed by atoms with E-state index in [2.05, 4.69) is 16.7 Å². The van der Waals surface area contributed by atoms with Gasteiger partial charge in [0.05, 0.1) is 23.4 Å². The first-order chi connectivity index (χ1) is 17.1. The summed E-state index contributed by atoms with van der Waals surface area (Å²) < 4.78 is 0. The third-order valence-electron chi connectivity index (χ3n) is 5.90. The van der Waals surface area contributed by atoms with Crippen molar-refractivity contribution >= 4 is 23.4 Å². The minimum absolute atomic E-state index is 0.228. The number of carbonyl (C=O) groups is 1. The molecule has 0 radical (unpaired) electrons. The zero-order valence-corrected chi connectivity index (χ0v) is 19.3. The second kappa shape index (κ2) is 10.9. The van der Waals surface area contributed by atoms with Gasteiger partial charge in [-0.15, -0.1) is 0 Å². The van der Waals surface area contributed by atoms with Gasteiger partial charge in [0.2, 0.25) is 5.96 Å². The van der Waals surface area contributed by atoms with Gasteiger partial charge in [0.1, 0.15) is 0 Å². The van der Waals surface area contributed by atoms with E-state index in [1.807, 2.05) is 72.6 Å². The molecule has 3 aromatic rings. The Morgan fingerprint density at radius 1 is 0.971 bits per heavy atom. The molecule has 0 spiro atoms. The number of rotatable bonds is 3. The summed E-state index contributed by atoms with van der Waals surface area (Å²) in [6.45, 7) is 3.37. The number of guanidine groups is 1. The zero-order valence-electron chi connectivity index (χ0n) is 19.3. The molecule has 1 heterocycles. The summed E-state index contributed by atoms with van der Waals surface area (Å²) in [7, 11) is 0. The number of anilines is 1. The number of amides is 2. The highest BCUT2D eigenvalue weighted by atomic mass is 16.2. The maximum atomic E-state index is 13.3. The molecule has 1 saturated heterocycles. The van der Waals surface area contributed by atoms with E-state index in [-0.39, 0.29) is 12.1 Å². The fraction of sp³-hybridized carbons (Fsp3) is 0.185. The Hall–Kier alpha value is -4.82. The third-order valence-corrected chi connectivity index (χ3v) is 5.90. The molecule has 0 saturated carbocycles. The molecule has 2 N–H and O–H groups in total. The predicted molar refractivity (Wildman–Crippen MR) is 135 cm³/mol. The van der Waals surface area contributed by atoms with Crippen LogP contribution in [0.1, 0.15) is 22.7 Å². The van der Waals surface area contributed by atoms with Crippen LogP contribution in [0.2, 0.25) is 0 Å². The summed E-state index contributed by atoms with van der Waals surface area (Å²) in [5.41, 5.74) is 3.92. The quantitative estimate of drug-likeness (QED) is 0.257. The van der Waals surface area contributed by atoms with E-state index in [1.165, 1.54) is 0 Å². The van der Waals surface area contributed by atoms with Crippen molar-refractivity contribution in [3.05, 3.63) is 95.6 Å². The lowest BCUT2D eigenvalue weighted by atomic mass is 10.0. The van der Waals surface area contributed by atoms with Gasteiger partial charge in [0.15, 0.2) is 6.19 Å². The van der Waals surface area contributed by atoms with Crippen LogP contribution in [0.25, 0.3) is 0 Å². The van der Waals surface area contributed by atoms with Crippen LogP contribution in [0.4, 0.5) is 16.2 Å².